The maximum atomic E-state index is 11.5. The zero-order valence-corrected chi connectivity index (χ0v) is 11.7. The minimum atomic E-state index is -0.305. The van der Waals surface area contributed by atoms with E-state index in [9.17, 15) is 4.79 Å². The molecule has 0 aliphatic heterocycles. The summed E-state index contributed by atoms with van der Waals surface area (Å²) in [5.41, 5.74) is 0.648. The molecular weight excluding hydrogens is 307 g/mol. The van der Waals surface area contributed by atoms with Gasteiger partial charge in [0, 0.05) is 22.8 Å². The molecule has 17 heavy (non-hydrogen) atoms. The molecule has 0 spiro atoms. The number of nitrogens with one attached hydrogen (secondary N) is 2. The molecule has 6 heteroatoms. The standard InChI is InChI=1S/C11H14BrClN2O2/c1-7(4-5-16)14-11(17)15-8-2-3-10(13)9(12)6-8/h2-3,6-7,16H,4-5H2,1H3,(H2,14,15,17)/t7-/m1/s1. The molecule has 0 saturated carbocycles. The summed E-state index contributed by atoms with van der Waals surface area (Å²) in [6.45, 7) is 1.88. The number of hydrogen-bond donors (Lipinski definition) is 3. The summed E-state index contributed by atoms with van der Waals surface area (Å²) in [6, 6.07) is 4.75. The minimum Gasteiger partial charge on any atom is -0.396 e. The lowest BCUT2D eigenvalue weighted by Gasteiger charge is -2.13. The third-order valence-corrected chi connectivity index (χ3v) is 3.33. The Morgan fingerprint density at radius 2 is 2.29 bits per heavy atom. The fourth-order valence-electron chi connectivity index (χ4n) is 1.23. The molecule has 94 valence electrons. The molecule has 3 N–H and O–H groups in total. The van der Waals surface area contributed by atoms with Crippen molar-refractivity contribution in [2.24, 2.45) is 0 Å². The second-order valence-corrected chi connectivity index (χ2v) is 4.90. The fourth-order valence-corrected chi connectivity index (χ4v) is 1.73. The Kier molecular flexibility index (Phi) is 5.74. The maximum absolute atomic E-state index is 11.5. The van der Waals surface area contributed by atoms with Crippen molar-refractivity contribution in [3.63, 3.8) is 0 Å². The summed E-state index contributed by atoms with van der Waals surface area (Å²) >= 11 is 9.11. The monoisotopic (exact) mass is 320 g/mol. The highest BCUT2D eigenvalue weighted by atomic mass is 79.9. The van der Waals surface area contributed by atoms with E-state index in [1.807, 2.05) is 6.92 Å². The zero-order valence-electron chi connectivity index (χ0n) is 9.34. The summed E-state index contributed by atoms with van der Waals surface area (Å²) in [5, 5.41) is 14.7. The molecule has 0 aliphatic carbocycles. The highest BCUT2D eigenvalue weighted by molar-refractivity contribution is 9.10. The van der Waals surface area contributed by atoms with Crippen LogP contribution in [0.4, 0.5) is 10.5 Å². The van der Waals surface area contributed by atoms with Gasteiger partial charge < -0.3 is 15.7 Å². The number of rotatable bonds is 4. The molecule has 0 saturated heterocycles. The molecule has 1 atom stereocenters. The molecule has 0 bridgehead atoms. The van der Waals surface area contributed by atoms with Crippen molar-refractivity contribution >= 4 is 39.2 Å². The highest BCUT2D eigenvalue weighted by Gasteiger charge is 2.07. The molecule has 0 heterocycles. The van der Waals surface area contributed by atoms with E-state index in [-0.39, 0.29) is 18.7 Å². The third kappa shape index (κ3) is 4.93. The Morgan fingerprint density at radius 1 is 1.59 bits per heavy atom. The van der Waals surface area contributed by atoms with Crippen LogP contribution in [-0.2, 0) is 0 Å². The van der Waals surface area contributed by atoms with Gasteiger partial charge in [0.25, 0.3) is 0 Å². The van der Waals surface area contributed by atoms with Crippen molar-refractivity contribution in [2.75, 3.05) is 11.9 Å². The summed E-state index contributed by atoms with van der Waals surface area (Å²) in [4.78, 5) is 11.5. The molecule has 0 radical (unpaired) electrons. The van der Waals surface area contributed by atoms with E-state index in [1.165, 1.54) is 0 Å². The van der Waals surface area contributed by atoms with E-state index in [1.54, 1.807) is 18.2 Å². The molecule has 0 aliphatic rings. The van der Waals surface area contributed by atoms with Crippen molar-refractivity contribution in [1.29, 1.82) is 0 Å². The maximum Gasteiger partial charge on any atom is 0.319 e. The van der Waals surface area contributed by atoms with Crippen LogP contribution in [0.3, 0.4) is 0 Å². The molecular formula is C11H14BrClN2O2. The average Bonchev–Trinajstić information content (AvgIpc) is 2.23. The first-order valence-electron chi connectivity index (χ1n) is 5.16. The van der Waals surface area contributed by atoms with Gasteiger partial charge in [-0.05, 0) is 47.5 Å². The number of aliphatic hydroxyl groups excluding tert-OH is 1. The van der Waals surface area contributed by atoms with E-state index < -0.39 is 0 Å². The number of hydrogen-bond acceptors (Lipinski definition) is 2. The van der Waals surface area contributed by atoms with Gasteiger partial charge in [0.15, 0.2) is 0 Å². The van der Waals surface area contributed by atoms with Crippen LogP contribution in [-0.4, -0.2) is 23.8 Å². The predicted molar refractivity (Wildman–Crippen MR) is 72.5 cm³/mol. The van der Waals surface area contributed by atoms with Gasteiger partial charge in [-0.1, -0.05) is 11.6 Å². The number of carbonyl (C=O) groups is 1. The van der Waals surface area contributed by atoms with Crippen molar-refractivity contribution in [1.82, 2.24) is 5.32 Å². The van der Waals surface area contributed by atoms with Crippen LogP contribution >= 0.6 is 27.5 Å². The Labute approximate surface area is 113 Å². The molecule has 2 amide bonds. The lowest BCUT2D eigenvalue weighted by molar-refractivity contribution is 0.241. The summed E-state index contributed by atoms with van der Waals surface area (Å²) < 4.78 is 0.723. The number of urea groups is 1. The van der Waals surface area contributed by atoms with Gasteiger partial charge in [-0.15, -0.1) is 0 Å². The van der Waals surface area contributed by atoms with E-state index in [0.29, 0.717) is 17.1 Å². The first-order valence-corrected chi connectivity index (χ1v) is 6.33. The minimum absolute atomic E-state index is 0.0495. The second kappa shape index (κ2) is 6.83. The van der Waals surface area contributed by atoms with Gasteiger partial charge in [-0.25, -0.2) is 4.79 Å². The number of halogens is 2. The van der Waals surface area contributed by atoms with Gasteiger partial charge in [-0.2, -0.15) is 0 Å². The number of anilines is 1. The van der Waals surface area contributed by atoms with Gasteiger partial charge >= 0.3 is 6.03 Å². The summed E-state index contributed by atoms with van der Waals surface area (Å²) in [6.07, 6.45) is 0.526. The molecule has 4 nitrogen and oxygen atoms in total. The number of aliphatic hydroxyl groups is 1. The molecule has 0 aromatic heterocycles. The van der Waals surface area contributed by atoms with Crippen LogP contribution < -0.4 is 10.6 Å². The molecule has 1 aromatic rings. The first kappa shape index (κ1) is 14.3. The van der Waals surface area contributed by atoms with E-state index in [4.69, 9.17) is 16.7 Å². The predicted octanol–water partition coefficient (Wildman–Crippen LogP) is 2.99. The van der Waals surface area contributed by atoms with Crippen molar-refractivity contribution < 1.29 is 9.90 Å². The van der Waals surface area contributed by atoms with Gasteiger partial charge in [0.2, 0.25) is 0 Å². The first-order chi connectivity index (χ1) is 8.02. The largest absolute Gasteiger partial charge is 0.396 e. The summed E-state index contributed by atoms with van der Waals surface area (Å²) in [5.74, 6) is 0. The Hall–Kier alpha value is -0.780. The average molecular weight is 322 g/mol. The van der Waals surface area contributed by atoms with Crippen LogP contribution in [0.2, 0.25) is 5.02 Å². The number of amides is 2. The van der Waals surface area contributed by atoms with Gasteiger partial charge in [0.1, 0.15) is 0 Å². The Balaban J connectivity index is 2.53. The van der Waals surface area contributed by atoms with E-state index in [0.717, 1.165) is 4.47 Å². The van der Waals surface area contributed by atoms with Crippen LogP contribution in [0.1, 0.15) is 13.3 Å². The molecule has 1 aromatic carbocycles. The molecule has 0 fully saturated rings. The van der Waals surface area contributed by atoms with Gasteiger partial charge in [0.05, 0.1) is 5.02 Å². The smallest absolute Gasteiger partial charge is 0.319 e. The van der Waals surface area contributed by atoms with Crippen molar-refractivity contribution in [3.05, 3.63) is 27.7 Å². The van der Waals surface area contributed by atoms with Crippen LogP contribution in [0.25, 0.3) is 0 Å². The van der Waals surface area contributed by atoms with Crippen molar-refractivity contribution in [3.8, 4) is 0 Å². The van der Waals surface area contributed by atoms with Gasteiger partial charge in [-0.3, -0.25) is 0 Å². The molecule has 1 rings (SSSR count). The quantitative estimate of drug-likeness (QED) is 0.798. The lowest BCUT2D eigenvalue weighted by Crippen LogP contribution is -2.36. The van der Waals surface area contributed by atoms with E-state index in [2.05, 4.69) is 26.6 Å². The number of benzene rings is 1. The van der Waals surface area contributed by atoms with Crippen LogP contribution in [0, 0.1) is 0 Å². The topological polar surface area (TPSA) is 61.4 Å². The second-order valence-electron chi connectivity index (χ2n) is 3.64. The third-order valence-electron chi connectivity index (χ3n) is 2.12. The van der Waals surface area contributed by atoms with Crippen LogP contribution in [0.5, 0.6) is 0 Å². The number of carbonyl (C=O) groups excluding carboxylic acids is 1. The van der Waals surface area contributed by atoms with Crippen LogP contribution in [0.15, 0.2) is 22.7 Å². The lowest BCUT2D eigenvalue weighted by atomic mass is 10.2. The van der Waals surface area contributed by atoms with E-state index >= 15 is 0 Å². The van der Waals surface area contributed by atoms with Crippen molar-refractivity contribution in [2.45, 2.75) is 19.4 Å². The normalized spacial score (nSPS) is 12.0. The fraction of sp³-hybridized carbons (Fsp3) is 0.364. The Bertz CT molecular complexity index is 401. The zero-order chi connectivity index (χ0) is 12.8. The Morgan fingerprint density at radius 3 is 2.88 bits per heavy atom. The summed E-state index contributed by atoms with van der Waals surface area (Å²) in [7, 11) is 0. The SMILES string of the molecule is C[C@H](CCO)NC(=O)Nc1ccc(Cl)c(Br)c1. The molecule has 0 unspecified atom stereocenters. The highest BCUT2D eigenvalue weighted by Crippen LogP contribution is 2.25.